The zero-order chi connectivity index (χ0) is 14.7. The highest BCUT2D eigenvalue weighted by atomic mass is 16.2. The first-order chi connectivity index (χ1) is 10.3. The molecule has 1 saturated heterocycles. The van der Waals surface area contributed by atoms with E-state index in [0.29, 0.717) is 12.3 Å². The molecule has 0 unspecified atom stereocenters. The number of hydrogen-bond donors (Lipinski definition) is 1. The number of likely N-dealkylation sites (tertiary alicyclic amines) is 1. The number of aromatic amines is 1. The van der Waals surface area contributed by atoms with E-state index in [0.717, 1.165) is 37.2 Å². The summed E-state index contributed by atoms with van der Waals surface area (Å²) in [5.41, 5.74) is 3.20. The van der Waals surface area contributed by atoms with Crippen molar-refractivity contribution in [1.29, 1.82) is 0 Å². The number of nitrogens with zero attached hydrogens (tertiary/aromatic N) is 3. The van der Waals surface area contributed by atoms with Crippen LogP contribution in [0.25, 0.3) is 11.3 Å². The largest absolute Gasteiger partial charge is 0.343 e. The molecule has 0 atom stereocenters. The highest BCUT2D eigenvalue weighted by molar-refractivity contribution is 5.75. The molecular weight excluding hydrogens is 264 g/mol. The molecule has 0 bridgehead atoms. The minimum Gasteiger partial charge on any atom is -0.343 e. The fourth-order valence-corrected chi connectivity index (χ4v) is 2.88. The normalized spacial score (nSPS) is 16.1. The second-order valence-corrected chi connectivity index (χ2v) is 5.45. The molecule has 0 spiro atoms. The van der Waals surface area contributed by atoms with Crippen molar-refractivity contribution in [3.8, 4) is 11.3 Å². The molecule has 2 aromatic heterocycles. The molecule has 110 valence electrons. The molecule has 0 aliphatic carbocycles. The third-order valence-electron chi connectivity index (χ3n) is 4.16. The lowest BCUT2D eigenvalue weighted by Gasteiger charge is -2.31. The molecular formula is C16H20N4O. The van der Waals surface area contributed by atoms with Gasteiger partial charge in [-0.2, -0.15) is 5.10 Å². The van der Waals surface area contributed by atoms with Crippen LogP contribution < -0.4 is 0 Å². The van der Waals surface area contributed by atoms with Crippen LogP contribution in [0.5, 0.6) is 0 Å². The summed E-state index contributed by atoms with van der Waals surface area (Å²) in [6.07, 6.45) is 6.16. The van der Waals surface area contributed by atoms with E-state index in [-0.39, 0.29) is 5.91 Å². The van der Waals surface area contributed by atoms with Crippen LogP contribution in [0, 0.1) is 0 Å². The quantitative estimate of drug-likeness (QED) is 0.942. The molecule has 3 heterocycles. The molecule has 0 saturated carbocycles. The van der Waals surface area contributed by atoms with Gasteiger partial charge in [0, 0.05) is 49.1 Å². The maximum Gasteiger partial charge on any atom is 0.222 e. The molecule has 1 aliphatic heterocycles. The Kier molecular flexibility index (Phi) is 3.99. The minimum absolute atomic E-state index is 0.260. The minimum atomic E-state index is 0.260. The van der Waals surface area contributed by atoms with Gasteiger partial charge in [-0.05, 0) is 31.0 Å². The van der Waals surface area contributed by atoms with Crippen LogP contribution >= 0.6 is 0 Å². The van der Waals surface area contributed by atoms with Gasteiger partial charge in [0.25, 0.3) is 0 Å². The third kappa shape index (κ3) is 2.96. The van der Waals surface area contributed by atoms with E-state index in [1.807, 2.05) is 24.0 Å². The zero-order valence-corrected chi connectivity index (χ0v) is 12.2. The summed E-state index contributed by atoms with van der Waals surface area (Å²) in [6, 6.07) is 6.04. The van der Waals surface area contributed by atoms with Gasteiger partial charge in [-0.25, -0.2) is 0 Å². The Bertz CT molecular complexity index is 600. The molecule has 1 aliphatic rings. The van der Waals surface area contributed by atoms with Crippen molar-refractivity contribution in [2.45, 2.75) is 32.1 Å². The van der Waals surface area contributed by atoms with Gasteiger partial charge >= 0.3 is 0 Å². The van der Waals surface area contributed by atoms with Gasteiger partial charge in [-0.1, -0.05) is 6.92 Å². The number of hydrogen-bond acceptors (Lipinski definition) is 3. The first-order valence-electron chi connectivity index (χ1n) is 7.51. The molecule has 1 fully saturated rings. The van der Waals surface area contributed by atoms with Gasteiger partial charge in [-0.3, -0.25) is 14.9 Å². The fourth-order valence-electron chi connectivity index (χ4n) is 2.88. The molecule has 1 N–H and O–H groups in total. The Hall–Kier alpha value is -2.17. The van der Waals surface area contributed by atoms with Crippen molar-refractivity contribution < 1.29 is 4.79 Å². The molecule has 5 nitrogen and oxygen atoms in total. The number of amides is 1. The number of carbonyl (C=O) groups is 1. The van der Waals surface area contributed by atoms with Crippen molar-refractivity contribution in [3.05, 3.63) is 36.3 Å². The standard InChI is InChI=1S/C16H20N4O/c1-2-16(21)20-9-5-13(6-10-20)15-11-14(18-19-15)12-3-7-17-8-4-12/h3-4,7-8,11,13H,2,5-6,9-10H2,1H3,(H,18,19). The van der Waals surface area contributed by atoms with E-state index in [1.165, 1.54) is 5.69 Å². The van der Waals surface area contributed by atoms with Crippen LogP contribution in [-0.2, 0) is 4.79 Å². The highest BCUT2D eigenvalue weighted by Crippen LogP contribution is 2.29. The summed E-state index contributed by atoms with van der Waals surface area (Å²) in [6.45, 7) is 3.62. The van der Waals surface area contributed by atoms with Crippen molar-refractivity contribution in [3.63, 3.8) is 0 Å². The van der Waals surface area contributed by atoms with Crippen LogP contribution in [0.2, 0.25) is 0 Å². The average Bonchev–Trinajstić information content (AvgIpc) is 3.05. The van der Waals surface area contributed by atoms with Crippen LogP contribution in [0.15, 0.2) is 30.6 Å². The van der Waals surface area contributed by atoms with Gasteiger partial charge in [0.1, 0.15) is 0 Å². The molecule has 0 radical (unpaired) electrons. The van der Waals surface area contributed by atoms with Crippen LogP contribution in [0.4, 0.5) is 0 Å². The molecule has 21 heavy (non-hydrogen) atoms. The Morgan fingerprint density at radius 3 is 2.71 bits per heavy atom. The number of nitrogens with one attached hydrogen (secondary N) is 1. The summed E-state index contributed by atoms with van der Waals surface area (Å²) >= 11 is 0. The average molecular weight is 284 g/mol. The van der Waals surface area contributed by atoms with E-state index >= 15 is 0 Å². The summed E-state index contributed by atoms with van der Waals surface area (Å²) in [5, 5.41) is 7.56. The van der Waals surface area contributed by atoms with Crippen LogP contribution in [-0.4, -0.2) is 39.1 Å². The maximum absolute atomic E-state index is 11.7. The number of H-pyrrole nitrogens is 1. The summed E-state index contributed by atoms with van der Waals surface area (Å²) < 4.78 is 0. The predicted octanol–water partition coefficient (Wildman–Crippen LogP) is 2.59. The van der Waals surface area contributed by atoms with Crippen LogP contribution in [0.3, 0.4) is 0 Å². The molecule has 2 aromatic rings. The second kappa shape index (κ2) is 6.08. The monoisotopic (exact) mass is 284 g/mol. The lowest BCUT2D eigenvalue weighted by Crippen LogP contribution is -2.37. The topological polar surface area (TPSA) is 61.9 Å². The number of rotatable bonds is 3. The first kappa shape index (κ1) is 13.8. The molecule has 0 aromatic carbocycles. The van der Waals surface area contributed by atoms with Crippen LogP contribution in [0.1, 0.15) is 37.8 Å². The van der Waals surface area contributed by atoms with Crippen molar-refractivity contribution >= 4 is 5.91 Å². The SMILES string of the molecule is CCC(=O)N1CCC(c2cc(-c3ccncc3)n[nH]2)CC1. The van der Waals surface area contributed by atoms with Gasteiger partial charge in [0.05, 0.1) is 5.69 Å². The van der Waals surface area contributed by atoms with Gasteiger partial charge < -0.3 is 4.90 Å². The Morgan fingerprint density at radius 1 is 1.33 bits per heavy atom. The van der Waals surface area contributed by atoms with Gasteiger partial charge in [-0.15, -0.1) is 0 Å². The van der Waals surface area contributed by atoms with E-state index in [1.54, 1.807) is 12.4 Å². The van der Waals surface area contributed by atoms with Crippen molar-refractivity contribution in [1.82, 2.24) is 20.1 Å². The molecule has 3 rings (SSSR count). The Labute approximate surface area is 124 Å². The molecule has 5 heteroatoms. The summed E-state index contributed by atoms with van der Waals surface area (Å²) in [5.74, 6) is 0.726. The zero-order valence-electron chi connectivity index (χ0n) is 12.2. The van der Waals surface area contributed by atoms with Gasteiger partial charge in [0.15, 0.2) is 0 Å². The number of carbonyl (C=O) groups excluding carboxylic acids is 1. The maximum atomic E-state index is 11.7. The van der Waals surface area contributed by atoms with E-state index in [2.05, 4.69) is 21.2 Å². The predicted molar refractivity (Wildman–Crippen MR) is 80.7 cm³/mol. The van der Waals surface area contributed by atoms with Crippen molar-refractivity contribution in [2.24, 2.45) is 0 Å². The lowest BCUT2D eigenvalue weighted by molar-refractivity contribution is -0.131. The smallest absolute Gasteiger partial charge is 0.222 e. The number of aromatic nitrogens is 3. The Balaban J connectivity index is 1.67. The summed E-state index contributed by atoms with van der Waals surface area (Å²) in [4.78, 5) is 17.7. The third-order valence-corrected chi connectivity index (χ3v) is 4.16. The molecule has 1 amide bonds. The Morgan fingerprint density at radius 2 is 2.05 bits per heavy atom. The number of piperidine rings is 1. The van der Waals surface area contributed by atoms with E-state index in [9.17, 15) is 4.79 Å². The van der Waals surface area contributed by atoms with Crippen molar-refractivity contribution in [2.75, 3.05) is 13.1 Å². The second-order valence-electron chi connectivity index (χ2n) is 5.45. The first-order valence-corrected chi connectivity index (χ1v) is 7.51. The fraction of sp³-hybridized carbons (Fsp3) is 0.438. The van der Waals surface area contributed by atoms with E-state index in [4.69, 9.17) is 0 Å². The van der Waals surface area contributed by atoms with Gasteiger partial charge in [0.2, 0.25) is 5.91 Å². The highest BCUT2D eigenvalue weighted by Gasteiger charge is 2.24. The summed E-state index contributed by atoms with van der Waals surface area (Å²) in [7, 11) is 0. The number of pyridine rings is 1. The lowest BCUT2D eigenvalue weighted by atomic mass is 9.93. The van der Waals surface area contributed by atoms with E-state index < -0.39 is 0 Å².